The van der Waals surface area contributed by atoms with Crippen molar-refractivity contribution < 1.29 is 14.3 Å². The van der Waals surface area contributed by atoms with Gasteiger partial charge in [0.2, 0.25) is 6.41 Å². The molecule has 4 heteroatoms. The highest BCUT2D eigenvalue weighted by Crippen LogP contribution is 1.75. The van der Waals surface area contributed by atoms with Crippen LogP contribution in [0.15, 0.2) is 0 Å². The molecule has 0 aliphatic carbocycles. The fourth-order valence-electron chi connectivity index (χ4n) is 0.218. The Morgan fingerprint density at radius 2 is 2.25 bits per heavy atom. The molecule has 8 heavy (non-hydrogen) atoms. The normalized spacial score (nSPS) is 11.6. The number of hydrogen-bond acceptors (Lipinski definition) is 3. The minimum atomic E-state index is -0.523. The van der Waals surface area contributed by atoms with Crippen LogP contribution < -0.4 is 5.32 Å². The van der Waals surface area contributed by atoms with E-state index in [0.717, 1.165) is 0 Å². The summed E-state index contributed by atoms with van der Waals surface area (Å²) in [5.41, 5.74) is 0. The minimum absolute atomic E-state index is 0.279. The van der Waals surface area contributed by atoms with Gasteiger partial charge in [-0.3, -0.25) is 9.59 Å². The molecule has 1 unspecified atom stereocenters. The number of hydrogen-bond donors (Lipinski definition) is 1. The Balaban J connectivity index is 3.16. The van der Waals surface area contributed by atoms with Crippen LogP contribution in [0.5, 0.6) is 0 Å². The van der Waals surface area contributed by atoms with Gasteiger partial charge in [0.15, 0.2) is 6.23 Å². The van der Waals surface area contributed by atoms with E-state index in [1.807, 2.05) is 0 Å². The molecule has 0 saturated heterocycles. The van der Waals surface area contributed by atoms with Crippen LogP contribution in [0.4, 0.5) is 0 Å². The molecule has 46 valence electrons. The summed E-state index contributed by atoms with van der Waals surface area (Å²) in [7, 11) is 0. The average molecular weight is 117 g/mol. The lowest BCUT2D eigenvalue weighted by molar-refractivity contribution is -0.135. The summed E-state index contributed by atoms with van der Waals surface area (Å²) < 4.78 is 4.26. The molecule has 0 rings (SSSR count). The molecule has 0 aromatic carbocycles. The van der Waals surface area contributed by atoms with E-state index in [0.29, 0.717) is 6.41 Å². The molecule has 0 aliphatic heterocycles. The highest BCUT2D eigenvalue weighted by atomic mass is 16.5. The minimum Gasteiger partial charge on any atom is -0.444 e. The number of carbonyl (C=O) groups excluding carboxylic acids is 2. The van der Waals surface area contributed by atoms with Crippen LogP contribution in [0.25, 0.3) is 0 Å². The third kappa shape index (κ3) is 3.14. The van der Waals surface area contributed by atoms with Gasteiger partial charge in [0.25, 0.3) is 6.47 Å². The topological polar surface area (TPSA) is 55.4 Å². The van der Waals surface area contributed by atoms with Gasteiger partial charge in [-0.1, -0.05) is 0 Å². The molecule has 0 radical (unpaired) electrons. The van der Waals surface area contributed by atoms with Gasteiger partial charge >= 0.3 is 0 Å². The van der Waals surface area contributed by atoms with Crippen LogP contribution in [0.1, 0.15) is 6.92 Å². The van der Waals surface area contributed by atoms with Crippen molar-refractivity contribution in [2.45, 2.75) is 13.2 Å². The average Bonchev–Trinajstić information content (AvgIpc) is 1.68. The van der Waals surface area contributed by atoms with Gasteiger partial charge in [-0.15, -0.1) is 0 Å². The van der Waals surface area contributed by atoms with E-state index in [1.165, 1.54) is 0 Å². The molecule has 1 amide bonds. The highest BCUT2D eigenvalue weighted by Gasteiger charge is 1.93. The molecule has 0 saturated carbocycles. The van der Waals surface area contributed by atoms with Gasteiger partial charge in [-0.2, -0.15) is 0 Å². The van der Waals surface area contributed by atoms with Crippen LogP contribution in [0, 0.1) is 0 Å². The third-order valence-corrected chi connectivity index (χ3v) is 0.562. The Morgan fingerprint density at radius 3 is 2.62 bits per heavy atom. The van der Waals surface area contributed by atoms with E-state index >= 15 is 0 Å². The number of ether oxygens (including phenoxy) is 1. The Morgan fingerprint density at radius 1 is 1.62 bits per heavy atom. The lowest BCUT2D eigenvalue weighted by atomic mass is 10.7. The van der Waals surface area contributed by atoms with Crippen LogP contribution >= 0.6 is 0 Å². The van der Waals surface area contributed by atoms with Crippen LogP contribution in [-0.4, -0.2) is 19.1 Å². The lowest BCUT2D eigenvalue weighted by Gasteiger charge is -2.04. The standard InChI is InChI=1S/C4H7NO3/c1-4(5-2-6)8-3-7/h2-4H,1H3,(H,5,6). The maximum atomic E-state index is 9.58. The predicted octanol–water partition coefficient (Wildman–Crippen LogP) is -0.749. The van der Waals surface area contributed by atoms with Crippen LogP contribution in [0.3, 0.4) is 0 Å². The molecule has 0 bridgehead atoms. The summed E-state index contributed by atoms with van der Waals surface area (Å²) in [4.78, 5) is 19.1. The first-order valence-electron chi connectivity index (χ1n) is 2.10. The Bertz CT molecular complexity index is 73.4. The number of carbonyl (C=O) groups is 2. The molecule has 0 fully saturated rings. The Hall–Kier alpha value is -1.06. The second-order valence-electron chi connectivity index (χ2n) is 1.16. The zero-order valence-electron chi connectivity index (χ0n) is 4.46. The second kappa shape index (κ2) is 4.11. The molecule has 0 aromatic rings. The van der Waals surface area contributed by atoms with Crippen LogP contribution in [-0.2, 0) is 14.3 Å². The molecule has 1 N–H and O–H groups in total. The largest absolute Gasteiger partial charge is 0.444 e. The zero-order chi connectivity index (χ0) is 6.41. The maximum absolute atomic E-state index is 9.58. The van der Waals surface area contributed by atoms with Gasteiger partial charge in [0, 0.05) is 0 Å². The van der Waals surface area contributed by atoms with Gasteiger partial charge in [0.05, 0.1) is 0 Å². The van der Waals surface area contributed by atoms with Crippen molar-refractivity contribution in [3.63, 3.8) is 0 Å². The maximum Gasteiger partial charge on any atom is 0.294 e. The zero-order valence-corrected chi connectivity index (χ0v) is 4.46. The van der Waals surface area contributed by atoms with Gasteiger partial charge in [0.1, 0.15) is 0 Å². The van der Waals surface area contributed by atoms with Gasteiger partial charge in [-0.25, -0.2) is 0 Å². The van der Waals surface area contributed by atoms with Crippen molar-refractivity contribution in [1.29, 1.82) is 0 Å². The summed E-state index contributed by atoms with van der Waals surface area (Å²) in [5, 5.41) is 2.21. The first-order chi connectivity index (χ1) is 3.81. The van der Waals surface area contributed by atoms with E-state index in [4.69, 9.17) is 0 Å². The van der Waals surface area contributed by atoms with E-state index in [-0.39, 0.29) is 6.47 Å². The molecule has 0 aliphatic rings. The number of rotatable bonds is 4. The number of amides is 1. The molecule has 4 nitrogen and oxygen atoms in total. The Labute approximate surface area is 46.8 Å². The number of nitrogens with one attached hydrogen (secondary N) is 1. The summed E-state index contributed by atoms with van der Waals surface area (Å²) in [6, 6.07) is 0. The molecular formula is C4H7NO3. The first kappa shape index (κ1) is 6.94. The molecule has 0 aromatic heterocycles. The smallest absolute Gasteiger partial charge is 0.294 e. The quantitative estimate of drug-likeness (QED) is 0.389. The predicted molar refractivity (Wildman–Crippen MR) is 25.8 cm³/mol. The van der Waals surface area contributed by atoms with E-state index in [9.17, 15) is 9.59 Å². The van der Waals surface area contributed by atoms with Crippen molar-refractivity contribution in [3.8, 4) is 0 Å². The van der Waals surface area contributed by atoms with Crippen molar-refractivity contribution in [2.24, 2.45) is 0 Å². The molecular weight excluding hydrogens is 110 g/mol. The molecule has 0 heterocycles. The summed E-state index contributed by atoms with van der Waals surface area (Å²) in [5.74, 6) is 0. The lowest BCUT2D eigenvalue weighted by Crippen LogP contribution is -2.26. The Kier molecular flexibility index (Phi) is 3.56. The summed E-state index contributed by atoms with van der Waals surface area (Å²) in [6.07, 6.45) is -0.0567. The van der Waals surface area contributed by atoms with Crippen molar-refractivity contribution in [1.82, 2.24) is 5.32 Å². The third-order valence-electron chi connectivity index (χ3n) is 0.562. The highest BCUT2D eigenvalue weighted by molar-refractivity contribution is 5.47. The van der Waals surface area contributed by atoms with Gasteiger partial charge in [-0.05, 0) is 6.92 Å². The monoisotopic (exact) mass is 117 g/mol. The van der Waals surface area contributed by atoms with Gasteiger partial charge < -0.3 is 10.1 Å². The van der Waals surface area contributed by atoms with Crippen molar-refractivity contribution in [2.75, 3.05) is 0 Å². The molecule has 0 spiro atoms. The van der Waals surface area contributed by atoms with E-state index < -0.39 is 6.23 Å². The molecule has 1 atom stereocenters. The van der Waals surface area contributed by atoms with E-state index in [1.54, 1.807) is 6.92 Å². The second-order valence-corrected chi connectivity index (χ2v) is 1.16. The summed E-state index contributed by atoms with van der Waals surface area (Å²) in [6.45, 7) is 1.82. The van der Waals surface area contributed by atoms with Crippen molar-refractivity contribution in [3.05, 3.63) is 0 Å². The van der Waals surface area contributed by atoms with Crippen LogP contribution in [0.2, 0.25) is 0 Å². The SMILES string of the molecule is CC(NC=O)OC=O. The van der Waals surface area contributed by atoms with Crippen molar-refractivity contribution >= 4 is 12.9 Å². The summed E-state index contributed by atoms with van der Waals surface area (Å²) >= 11 is 0. The fourth-order valence-corrected chi connectivity index (χ4v) is 0.218. The van der Waals surface area contributed by atoms with E-state index in [2.05, 4.69) is 10.1 Å². The fraction of sp³-hybridized carbons (Fsp3) is 0.500. The first-order valence-corrected chi connectivity index (χ1v) is 2.10.